The molecule has 2 N–H and O–H groups in total. The molecule has 39 heavy (non-hydrogen) atoms. The maximum Gasteiger partial charge on any atom is 0.159 e. The number of pyridine rings is 1. The molecule has 1 saturated heterocycles. The molecule has 1 aliphatic heterocycles. The number of aromatic amines is 2. The smallest absolute Gasteiger partial charge is 0.159 e. The number of rotatable bonds is 8. The Morgan fingerprint density at radius 1 is 1.03 bits per heavy atom. The Morgan fingerprint density at radius 3 is 2.67 bits per heavy atom. The predicted octanol–water partition coefficient (Wildman–Crippen LogP) is 7.64. The van der Waals surface area contributed by atoms with E-state index in [4.69, 9.17) is 9.97 Å². The third-order valence-electron chi connectivity index (χ3n) is 7.62. The van der Waals surface area contributed by atoms with Crippen LogP contribution in [-0.2, 0) is 6.42 Å². The van der Waals surface area contributed by atoms with E-state index < -0.39 is 0 Å². The SMILES string of the molecule is C=C/C(=C\C(=C/C)c1ccc2[nH]nc(-c3nc4c(N5CCCCC5)nccc4[nH]3)c2c1)CCc1ccccc1. The standard InChI is InChI=1S/C33H34N6/c1-3-23(13-14-24-11-7-5-8-12-24)21-25(4-2)26-15-16-28-27(22-26)30(38-37-28)32-35-29-17-18-34-33(31(29)36-32)39-19-9-6-10-20-39/h3-5,7-8,11-12,15-18,21-22H,1,6,9-10,13-14,19-20H2,2H3,(H,35,36)(H,37,38)/b23-21+,25-4+. The van der Waals surface area contributed by atoms with Crippen LogP contribution in [-0.4, -0.2) is 38.2 Å². The first kappa shape index (κ1) is 24.9. The molecule has 1 aliphatic rings. The van der Waals surface area contributed by atoms with Crippen LogP contribution in [0.4, 0.5) is 5.82 Å². The molecule has 0 aliphatic carbocycles. The lowest BCUT2D eigenvalue weighted by Crippen LogP contribution is -2.30. The first-order valence-corrected chi connectivity index (χ1v) is 13.9. The van der Waals surface area contributed by atoms with Crippen LogP contribution in [0, 0.1) is 0 Å². The number of aryl methyl sites for hydroxylation is 1. The van der Waals surface area contributed by atoms with Crippen molar-refractivity contribution >= 4 is 33.3 Å². The van der Waals surface area contributed by atoms with Gasteiger partial charge in [0.25, 0.3) is 0 Å². The van der Waals surface area contributed by atoms with Crippen LogP contribution in [0.1, 0.15) is 43.7 Å². The number of hydrogen-bond donors (Lipinski definition) is 2. The molecule has 6 nitrogen and oxygen atoms in total. The number of piperidine rings is 1. The van der Waals surface area contributed by atoms with Crippen molar-refractivity contribution in [2.75, 3.05) is 18.0 Å². The van der Waals surface area contributed by atoms with Gasteiger partial charge < -0.3 is 9.88 Å². The zero-order valence-corrected chi connectivity index (χ0v) is 22.5. The largest absolute Gasteiger partial charge is 0.355 e. The summed E-state index contributed by atoms with van der Waals surface area (Å²) >= 11 is 0. The van der Waals surface area contributed by atoms with E-state index in [2.05, 4.69) is 94.3 Å². The minimum atomic E-state index is 0.756. The van der Waals surface area contributed by atoms with E-state index in [9.17, 15) is 0 Å². The Hall–Kier alpha value is -4.45. The highest BCUT2D eigenvalue weighted by Gasteiger charge is 2.19. The van der Waals surface area contributed by atoms with Gasteiger partial charge in [0.2, 0.25) is 0 Å². The van der Waals surface area contributed by atoms with Crippen LogP contribution in [0.15, 0.2) is 91.2 Å². The summed E-state index contributed by atoms with van der Waals surface area (Å²) in [7, 11) is 0. The lowest BCUT2D eigenvalue weighted by atomic mass is 9.97. The second-order valence-electron chi connectivity index (χ2n) is 10.1. The summed E-state index contributed by atoms with van der Waals surface area (Å²) < 4.78 is 0. The van der Waals surface area contributed by atoms with Gasteiger partial charge >= 0.3 is 0 Å². The molecule has 0 bridgehead atoms. The van der Waals surface area contributed by atoms with Crippen LogP contribution < -0.4 is 4.90 Å². The fourth-order valence-electron chi connectivity index (χ4n) is 5.44. The molecule has 6 heteroatoms. The number of imidazole rings is 1. The number of hydrogen-bond acceptors (Lipinski definition) is 4. The van der Waals surface area contributed by atoms with E-state index >= 15 is 0 Å². The molecule has 4 heterocycles. The average molecular weight is 515 g/mol. The molecule has 0 atom stereocenters. The van der Waals surface area contributed by atoms with Crippen molar-refractivity contribution in [3.63, 3.8) is 0 Å². The summed E-state index contributed by atoms with van der Waals surface area (Å²) in [4.78, 5) is 15.6. The second-order valence-corrected chi connectivity index (χ2v) is 10.1. The molecule has 6 rings (SSSR count). The van der Waals surface area contributed by atoms with Crippen molar-refractivity contribution in [1.82, 2.24) is 25.1 Å². The van der Waals surface area contributed by atoms with Crippen molar-refractivity contribution in [3.8, 4) is 11.5 Å². The lowest BCUT2D eigenvalue weighted by molar-refractivity contribution is 0.574. The molecule has 0 saturated carbocycles. The summed E-state index contributed by atoms with van der Waals surface area (Å²) in [6.07, 6.45) is 13.8. The lowest BCUT2D eigenvalue weighted by Gasteiger charge is -2.27. The topological polar surface area (TPSA) is 73.5 Å². The van der Waals surface area contributed by atoms with Gasteiger partial charge in [-0.1, -0.05) is 61.2 Å². The van der Waals surface area contributed by atoms with E-state index in [0.29, 0.717) is 0 Å². The minimum Gasteiger partial charge on any atom is -0.355 e. The summed E-state index contributed by atoms with van der Waals surface area (Å²) in [6.45, 7) is 8.22. The Kier molecular flexibility index (Phi) is 7.09. The van der Waals surface area contributed by atoms with Gasteiger partial charge in [-0.05, 0) is 79.5 Å². The van der Waals surface area contributed by atoms with Gasteiger partial charge in [0, 0.05) is 24.7 Å². The summed E-state index contributed by atoms with van der Waals surface area (Å²) in [6, 6.07) is 19.0. The number of nitrogens with zero attached hydrogens (tertiary/aromatic N) is 4. The Balaban J connectivity index is 1.32. The molecule has 5 aromatic rings. The highest BCUT2D eigenvalue weighted by molar-refractivity contribution is 5.97. The molecule has 0 radical (unpaired) electrons. The van der Waals surface area contributed by atoms with Crippen LogP contribution in [0.5, 0.6) is 0 Å². The van der Waals surface area contributed by atoms with Gasteiger partial charge in [-0.2, -0.15) is 5.10 Å². The first-order valence-electron chi connectivity index (χ1n) is 13.9. The molecule has 2 aromatic carbocycles. The van der Waals surface area contributed by atoms with E-state index in [1.54, 1.807) is 0 Å². The quantitative estimate of drug-likeness (QED) is 0.209. The van der Waals surface area contributed by atoms with Gasteiger partial charge in [-0.3, -0.25) is 5.10 Å². The number of benzene rings is 2. The number of nitrogens with one attached hydrogen (secondary N) is 2. The maximum atomic E-state index is 5.01. The van der Waals surface area contributed by atoms with Gasteiger partial charge in [0.1, 0.15) is 11.2 Å². The number of H-pyrrole nitrogens is 2. The fraction of sp³-hybridized carbons (Fsp3) is 0.242. The minimum absolute atomic E-state index is 0.756. The van der Waals surface area contributed by atoms with Crippen LogP contribution in [0.25, 0.3) is 39.0 Å². The fourth-order valence-corrected chi connectivity index (χ4v) is 5.44. The molecular weight excluding hydrogens is 480 g/mol. The molecule has 196 valence electrons. The van der Waals surface area contributed by atoms with Crippen molar-refractivity contribution in [3.05, 3.63) is 102 Å². The summed E-state index contributed by atoms with van der Waals surface area (Å²) in [5.41, 5.74) is 8.55. The van der Waals surface area contributed by atoms with Crippen molar-refractivity contribution in [1.29, 1.82) is 0 Å². The number of allylic oxidation sites excluding steroid dienone is 5. The Bertz CT molecular complexity index is 1660. The number of aromatic nitrogens is 5. The van der Waals surface area contributed by atoms with Crippen molar-refractivity contribution < 1.29 is 0 Å². The van der Waals surface area contributed by atoms with Crippen molar-refractivity contribution in [2.24, 2.45) is 0 Å². The van der Waals surface area contributed by atoms with Crippen molar-refractivity contribution in [2.45, 2.75) is 39.0 Å². The second kappa shape index (κ2) is 11.1. The third kappa shape index (κ3) is 5.15. The first-order chi connectivity index (χ1) is 19.2. The Morgan fingerprint density at radius 2 is 1.87 bits per heavy atom. The van der Waals surface area contributed by atoms with Gasteiger partial charge in [-0.25, -0.2) is 9.97 Å². The predicted molar refractivity (Wildman–Crippen MR) is 162 cm³/mol. The molecular formula is C33H34N6. The molecule has 0 spiro atoms. The monoisotopic (exact) mass is 514 g/mol. The van der Waals surface area contributed by atoms with E-state index in [1.807, 2.05) is 18.3 Å². The number of fused-ring (bicyclic) bond motifs is 2. The van der Waals surface area contributed by atoms with E-state index in [1.165, 1.54) is 30.4 Å². The van der Waals surface area contributed by atoms with Gasteiger partial charge in [0.05, 0.1) is 11.0 Å². The third-order valence-corrected chi connectivity index (χ3v) is 7.62. The van der Waals surface area contributed by atoms with Crippen LogP contribution >= 0.6 is 0 Å². The maximum absolute atomic E-state index is 5.01. The normalized spacial score (nSPS) is 14.8. The van der Waals surface area contributed by atoms with Crippen LogP contribution in [0.2, 0.25) is 0 Å². The zero-order valence-electron chi connectivity index (χ0n) is 22.5. The molecule has 0 amide bonds. The van der Waals surface area contributed by atoms with Gasteiger partial charge in [0.15, 0.2) is 11.6 Å². The number of anilines is 1. The van der Waals surface area contributed by atoms with Crippen LogP contribution in [0.3, 0.4) is 0 Å². The van der Waals surface area contributed by atoms with E-state index in [-0.39, 0.29) is 0 Å². The summed E-state index contributed by atoms with van der Waals surface area (Å²) in [5, 5.41) is 8.90. The van der Waals surface area contributed by atoms with Gasteiger partial charge in [-0.15, -0.1) is 0 Å². The van der Waals surface area contributed by atoms with E-state index in [0.717, 1.165) is 76.3 Å². The molecule has 3 aromatic heterocycles. The highest BCUT2D eigenvalue weighted by atomic mass is 15.2. The zero-order chi connectivity index (χ0) is 26.6. The molecule has 0 unspecified atom stereocenters. The highest BCUT2D eigenvalue weighted by Crippen LogP contribution is 2.32. The average Bonchev–Trinajstić information content (AvgIpc) is 3.62. The summed E-state index contributed by atoms with van der Waals surface area (Å²) in [5.74, 6) is 1.72. The molecule has 1 fully saturated rings. The Labute approximate surface area is 229 Å².